The largest absolute Gasteiger partial charge is 0.350 e. The number of halogens is 2. The molecule has 0 atom stereocenters. The number of carbonyl (C=O) groups is 2. The molecule has 0 spiro atoms. The summed E-state index contributed by atoms with van der Waals surface area (Å²) in [6.45, 7) is 1.87. The Bertz CT molecular complexity index is 985. The summed E-state index contributed by atoms with van der Waals surface area (Å²) in [7, 11) is 0. The zero-order valence-corrected chi connectivity index (χ0v) is 16.5. The molecule has 0 aliphatic heterocycles. The number of benzene rings is 2. The highest BCUT2D eigenvalue weighted by molar-refractivity contribution is 6.37. The van der Waals surface area contributed by atoms with Gasteiger partial charge in [-0.25, -0.2) is 9.67 Å². The summed E-state index contributed by atoms with van der Waals surface area (Å²) >= 11 is 12.4. The Morgan fingerprint density at radius 2 is 1.68 bits per heavy atom. The Morgan fingerprint density at radius 1 is 1.00 bits per heavy atom. The Morgan fingerprint density at radius 3 is 2.36 bits per heavy atom. The molecule has 0 fully saturated rings. The van der Waals surface area contributed by atoms with E-state index in [4.69, 9.17) is 23.2 Å². The van der Waals surface area contributed by atoms with E-state index in [1.807, 2.05) is 30.3 Å². The summed E-state index contributed by atoms with van der Waals surface area (Å²) in [5.41, 5.74) is 1.41. The fraction of sp³-hybridized carbons (Fsp3) is 0.158. The zero-order chi connectivity index (χ0) is 20.1. The number of aromatic nitrogens is 3. The van der Waals surface area contributed by atoms with Gasteiger partial charge in [-0.05, 0) is 24.6 Å². The predicted molar refractivity (Wildman–Crippen MR) is 107 cm³/mol. The smallest absolute Gasteiger partial charge is 0.291 e. The van der Waals surface area contributed by atoms with Crippen molar-refractivity contribution in [1.29, 1.82) is 0 Å². The lowest BCUT2D eigenvalue weighted by Crippen LogP contribution is -2.37. The van der Waals surface area contributed by atoms with E-state index in [0.717, 1.165) is 5.56 Å². The fourth-order valence-electron chi connectivity index (χ4n) is 2.49. The van der Waals surface area contributed by atoms with Gasteiger partial charge in [0, 0.05) is 6.54 Å². The van der Waals surface area contributed by atoms with Crippen molar-refractivity contribution in [3.8, 4) is 5.69 Å². The molecule has 1 aromatic heterocycles. The highest BCUT2D eigenvalue weighted by Crippen LogP contribution is 2.28. The van der Waals surface area contributed by atoms with Crippen molar-refractivity contribution < 1.29 is 9.59 Å². The van der Waals surface area contributed by atoms with E-state index < -0.39 is 5.91 Å². The second-order valence-corrected chi connectivity index (χ2v) is 6.72. The van der Waals surface area contributed by atoms with Gasteiger partial charge in [0.1, 0.15) is 11.5 Å². The fourth-order valence-corrected chi connectivity index (χ4v) is 3.05. The molecular weight excluding hydrogens is 401 g/mol. The molecule has 3 aromatic rings. The van der Waals surface area contributed by atoms with Gasteiger partial charge in [0.05, 0.1) is 16.6 Å². The Balaban J connectivity index is 1.61. The van der Waals surface area contributed by atoms with Crippen LogP contribution in [0, 0.1) is 6.92 Å². The molecule has 28 heavy (non-hydrogen) atoms. The third-order valence-corrected chi connectivity index (χ3v) is 4.47. The number of nitrogens with zero attached hydrogens (tertiary/aromatic N) is 3. The molecule has 7 nitrogen and oxygen atoms in total. The first kappa shape index (κ1) is 19.9. The van der Waals surface area contributed by atoms with Crippen molar-refractivity contribution in [3.05, 3.63) is 75.8 Å². The molecular formula is C19H17Cl2N5O2. The number of hydrogen-bond acceptors (Lipinski definition) is 4. The van der Waals surface area contributed by atoms with Crippen LogP contribution in [0.25, 0.3) is 5.69 Å². The van der Waals surface area contributed by atoms with E-state index in [2.05, 4.69) is 20.7 Å². The molecule has 2 N–H and O–H groups in total. The summed E-state index contributed by atoms with van der Waals surface area (Å²) in [6.07, 6.45) is 0. The molecule has 0 saturated heterocycles. The van der Waals surface area contributed by atoms with E-state index in [1.54, 1.807) is 25.1 Å². The van der Waals surface area contributed by atoms with E-state index >= 15 is 0 Å². The lowest BCUT2D eigenvalue weighted by atomic mass is 10.2. The molecule has 1 heterocycles. The lowest BCUT2D eigenvalue weighted by Gasteiger charge is -2.07. The molecule has 0 unspecified atom stereocenters. The van der Waals surface area contributed by atoms with Gasteiger partial charge in [-0.15, -0.1) is 5.10 Å². The minimum absolute atomic E-state index is 0.0793. The quantitative estimate of drug-likeness (QED) is 0.644. The molecule has 2 amide bonds. The van der Waals surface area contributed by atoms with Crippen molar-refractivity contribution in [2.24, 2.45) is 0 Å². The second kappa shape index (κ2) is 8.86. The lowest BCUT2D eigenvalue weighted by molar-refractivity contribution is -0.120. The molecule has 0 aliphatic carbocycles. The maximum atomic E-state index is 12.3. The Hall–Kier alpha value is -2.90. The summed E-state index contributed by atoms with van der Waals surface area (Å²) in [4.78, 5) is 28.4. The van der Waals surface area contributed by atoms with Crippen LogP contribution >= 0.6 is 23.2 Å². The Labute approximate surface area is 171 Å². The van der Waals surface area contributed by atoms with Gasteiger partial charge in [0.15, 0.2) is 0 Å². The van der Waals surface area contributed by atoms with Crippen LogP contribution in [0.1, 0.15) is 22.0 Å². The number of rotatable bonds is 6. The number of carbonyl (C=O) groups excluding carboxylic acids is 2. The highest BCUT2D eigenvalue weighted by Gasteiger charge is 2.18. The number of aryl methyl sites for hydroxylation is 1. The topological polar surface area (TPSA) is 88.9 Å². The molecule has 0 saturated carbocycles. The van der Waals surface area contributed by atoms with Crippen LogP contribution in [0.4, 0.5) is 0 Å². The van der Waals surface area contributed by atoms with Gasteiger partial charge in [0.2, 0.25) is 11.7 Å². The van der Waals surface area contributed by atoms with Crippen molar-refractivity contribution >= 4 is 35.0 Å². The van der Waals surface area contributed by atoms with E-state index in [9.17, 15) is 9.59 Å². The minimum atomic E-state index is -0.570. The van der Waals surface area contributed by atoms with Crippen molar-refractivity contribution in [1.82, 2.24) is 25.4 Å². The maximum Gasteiger partial charge on any atom is 0.291 e. The van der Waals surface area contributed by atoms with Crippen molar-refractivity contribution in [3.63, 3.8) is 0 Å². The molecule has 144 valence electrons. The van der Waals surface area contributed by atoms with Crippen molar-refractivity contribution in [2.45, 2.75) is 13.5 Å². The summed E-state index contributed by atoms with van der Waals surface area (Å²) in [6, 6.07) is 14.5. The van der Waals surface area contributed by atoms with Gasteiger partial charge in [-0.3, -0.25) is 9.59 Å². The number of amides is 2. The molecule has 2 aromatic carbocycles. The van der Waals surface area contributed by atoms with Crippen LogP contribution in [0.15, 0.2) is 48.5 Å². The Kier molecular flexibility index (Phi) is 6.28. The molecule has 0 bridgehead atoms. The first-order valence-corrected chi connectivity index (χ1v) is 9.18. The third-order valence-electron chi connectivity index (χ3n) is 3.86. The molecule has 3 rings (SSSR count). The number of hydrogen-bond donors (Lipinski definition) is 2. The minimum Gasteiger partial charge on any atom is -0.350 e. The van der Waals surface area contributed by atoms with E-state index in [1.165, 1.54) is 4.68 Å². The standard InChI is InChI=1S/C19H17Cl2N5O2/c1-12-24-18(25-26(12)17-14(20)8-5-9-15(17)21)19(28)23-11-16(27)22-10-13-6-3-2-4-7-13/h2-9H,10-11H2,1H3,(H,22,27)(H,23,28). The maximum absolute atomic E-state index is 12.3. The highest BCUT2D eigenvalue weighted by atomic mass is 35.5. The van der Waals surface area contributed by atoms with Crippen LogP contribution in [-0.2, 0) is 11.3 Å². The monoisotopic (exact) mass is 417 g/mol. The van der Waals surface area contributed by atoms with Crippen LogP contribution in [0.3, 0.4) is 0 Å². The summed E-state index contributed by atoms with van der Waals surface area (Å²) in [5.74, 6) is -0.527. The normalized spacial score (nSPS) is 10.5. The van der Waals surface area contributed by atoms with E-state index in [0.29, 0.717) is 28.1 Å². The molecule has 0 radical (unpaired) electrons. The first-order valence-electron chi connectivity index (χ1n) is 8.42. The number of para-hydroxylation sites is 1. The van der Waals surface area contributed by atoms with E-state index in [-0.39, 0.29) is 18.3 Å². The van der Waals surface area contributed by atoms with Crippen LogP contribution in [-0.4, -0.2) is 33.1 Å². The summed E-state index contributed by atoms with van der Waals surface area (Å²) in [5, 5.41) is 10.2. The zero-order valence-electron chi connectivity index (χ0n) is 14.9. The van der Waals surface area contributed by atoms with Gasteiger partial charge in [-0.1, -0.05) is 59.6 Å². The van der Waals surface area contributed by atoms with Crippen molar-refractivity contribution in [2.75, 3.05) is 6.54 Å². The average Bonchev–Trinajstić information content (AvgIpc) is 3.06. The second-order valence-electron chi connectivity index (χ2n) is 5.91. The van der Waals surface area contributed by atoms with Gasteiger partial charge in [-0.2, -0.15) is 0 Å². The average molecular weight is 418 g/mol. The number of nitrogens with one attached hydrogen (secondary N) is 2. The SMILES string of the molecule is Cc1nc(C(=O)NCC(=O)NCc2ccccc2)nn1-c1c(Cl)cccc1Cl. The van der Waals surface area contributed by atoms with Gasteiger partial charge in [0.25, 0.3) is 5.91 Å². The van der Waals surface area contributed by atoms with Crippen LogP contribution in [0.2, 0.25) is 10.0 Å². The van der Waals surface area contributed by atoms with Gasteiger partial charge < -0.3 is 10.6 Å². The predicted octanol–water partition coefficient (Wildman–Crippen LogP) is 2.93. The van der Waals surface area contributed by atoms with Crippen LogP contribution < -0.4 is 10.6 Å². The first-order chi connectivity index (χ1) is 13.5. The molecule has 9 heteroatoms. The third kappa shape index (κ3) is 4.68. The van der Waals surface area contributed by atoms with Crippen LogP contribution in [0.5, 0.6) is 0 Å². The van der Waals surface area contributed by atoms with Gasteiger partial charge >= 0.3 is 0 Å². The molecule has 0 aliphatic rings. The summed E-state index contributed by atoms with van der Waals surface area (Å²) < 4.78 is 1.40.